The first-order valence-electron chi connectivity index (χ1n) is 9.14. The van der Waals surface area contributed by atoms with E-state index in [-0.39, 0.29) is 11.9 Å². The van der Waals surface area contributed by atoms with Crippen molar-refractivity contribution in [3.63, 3.8) is 0 Å². The zero-order valence-corrected chi connectivity index (χ0v) is 15.3. The van der Waals surface area contributed by atoms with Gasteiger partial charge in [-0.15, -0.1) is 0 Å². The molecule has 1 saturated heterocycles. The third-order valence-corrected chi connectivity index (χ3v) is 5.29. The summed E-state index contributed by atoms with van der Waals surface area (Å²) < 4.78 is 5.37. The molecule has 1 fully saturated rings. The van der Waals surface area contributed by atoms with E-state index in [0.29, 0.717) is 11.3 Å². The van der Waals surface area contributed by atoms with E-state index < -0.39 is 0 Å². The molecule has 2 aliphatic heterocycles. The van der Waals surface area contributed by atoms with Crippen LogP contribution in [0.3, 0.4) is 0 Å². The van der Waals surface area contributed by atoms with Crippen molar-refractivity contribution in [3.8, 4) is 5.75 Å². The van der Waals surface area contributed by atoms with Crippen LogP contribution in [0.4, 0.5) is 0 Å². The van der Waals surface area contributed by atoms with Crippen LogP contribution in [0.2, 0.25) is 0 Å². The second kappa shape index (κ2) is 7.03. The fraction of sp³-hybridized carbons (Fsp3) is 0.450. The van der Waals surface area contributed by atoms with Crippen molar-refractivity contribution < 1.29 is 9.53 Å². The summed E-state index contributed by atoms with van der Waals surface area (Å²) in [5.74, 6) is 1.37. The number of likely N-dealkylation sites (tertiary alicyclic amines) is 1. The predicted octanol–water partition coefficient (Wildman–Crippen LogP) is 2.45. The summed E-state index contributed by atoms with van der Waals surface area (Å²) in [7, 11) is 3.71. The zero-order chi connectivity index (χ0) is 18.1. The molecular weight excluding hydrogens is 328 g/mol. The van der Waals surface area contributed by atoms with Crippen molar-refractivity contribution in [3.05, 3.63) is 53.1 Å². The van der Waals surface area contributed by atoms with Crippen LogP contribution >= 0.6 is 0 Å². The number of aromatic nitrogens is 2. The van der Waals surface area contributed by atoms with Crippen molar-refractivity contribution in [1.82, 2.24) is 19.8 Å². The summed E-state index contributed by atoms with van der Waals surface area (Å²) in [6.45, 7) is 2.63. The molecule has 0 saturated carbocycles. The number of amides is 1. The second-order valence-corrected chi connectivity index (χ2v) is 7.04. The van der Waals surface area contributed by atoms with Crippen LogP contribution in [0.15, 0.2) is 30.5 Å². The molecule has 1 atom stereocenters. The Morgan fingerprint density at radius 2 is 2.12 bits per heavy atom. The lowest BCUT2D eigenvalue weighted by atomic mass is 10.1. The SMILES string of the molecule is COc1ccccc1C(=O)N1CCCC1c1ncc2c(n1)CCN(C)C2. The Bertz CT molecular complexity index is 823. The molecule has 2 aliphatic rings. The van der Waals surface area contributed by atoms with Crippen LogP contribution in [0.25, 0.3) is 0 Å². The number of fused-ring (bicyclic) bond motifs is 1. The van der Waals surface area contributed by atoms with Gasteiger partial charge in [0.15, 0.2) is 5.82 Å². The maximum atomic E-state index is 13.1. The summed E-state index contributed by atoms with van der Waals surface area (Å²) in [6, 6.07) is 7.33. The van der Waals surface area contributed by atoms with Gasteiger partial charge in [0.25, 0.3) is 5.91 Å². The molecule has 0 spiro atoms. The average molecular weight is 352 g/mol. The number of hydrogen-bond donors (Lipinski definition) is 0. The van der Waals surface area contributed by atoms with Crippen molar-refractivity contribution >= 4 is 5.91 Å². The van der Waals surface area contributed by atoms with Gasteiger partial charge in [-0.2, -0.15) is 0 Å². The average Bonchev–Trinajstić information content (AvgIpc) is 3.16. The van der Waals surface area contributed by atoms with E-state index in [1.54, 1.807) is 7.11 Å². The molecule has 1 unspecified atom stereocenters. The predicted molar refractivity (Wildman–Crippen MR) is 98.1 cm³/mol. The minimum Gasteiger partial charge on any atom is -0.496 e. The maximum absolute atomic E-state index is 13.1. The first kappa shape index (κ1) is 17.0. The number of ether oxygens (including phenoxy) is 1. The first-order valence-corrected chi connectivity index (χ1v) is 9.14. The number of likely N-dealkylation sites (N-methyl/N-ethyl adjacent to an activating group) is 1. The number of hydrogen-bond acceptors (Lipinski definition) is 5. The molecule has 136 valence electrons. The summed E-state index contributed by atoms with van der Waals surface area (Å²) in [5.41, 5.74) is 2.93. The fourth-order valence-electron chi connectivity index (χ4n) is 3.89. The van der Waals surface area contributed by atoms with E-state index in [1.165, 1.54) is 5.56 Å². The Balaban J connectivity index is 1.62. The number of nitrogens with zero attached hydrogens (tertiary/aromatic N) is 4. The van der Waals surface area contributed by atoms with E-state index in [9.17, 15) is 4.79 Å². The van der Waals surface area contributed by atoms with Crippen molar-refractivity contribution in [2.45, 2.75) is 31.8 Å². The molecule has 0 N–H and O–H groups in total. The molecule has 0 bridgehead atoms. The minimum atomic E-state index is -0.0580. The molecule has 1 aromatic carbocycles. The summed E-state index contributed by atoms with van der Waals surface area (Å²) >= 11 is 0. The van der Waals surface area contributed by atoms with E-state index in [1.807, 2.05) is 35.4 Å². The first-order chi connectivity index (χ1) is 12.7. The van der Waals surface area contributed by atoms with Gasteiger partial charge in [-0.3, -0.25) is 4.79 Å². The van der Waals surface area contributed by atoms with Gasteiger partial charge in [-0.1, -0.05) is 12.1 Å². The number of methoxy groups -OCH3 is 1. The summed E-state index contributed by atoms with van der Waals surface area (Å²) in [4.78, 5) is 26.7. The Kier molecular flexibility index (Phi) is 4.59. The Labute approximate surface area is 153 Å². The lowest BCUT2D eigenvalue weighted by Crippen LogP contribution is -2.33. The van der Waals surface area contributed by atoms with Crippen LogP contribution in [0.1, 0.15) is 46.3 Å². The van der Waals surface area contributed by atoms with E-state index in [0.717, 1.165) is 50.4 Å². The standard InChI is InChI=1S/C20H24N4O2/c1-23-11-9-16-14(13-23)12-21-19(22-16)17-7-5-10-24(17)20(25)15-6-3-4-8-18(15)26-2/h3-4,6,8,12,17H,5,7,9-11,13H2,1-2H3. The molecule has 6 heteroatoms. The van der Waals surface area contributed by atoms with Gasteiger partial charge in [0.05, 0.1) is 18.7 Å². The molecule has 0 aliphatic carbocycles. The smallest absolute Gasteiger partial charge is 0.258 e. The molecule has 0 radical (unpaired) electrons. The Morgan fingerprint density at radius 1 is 1.27 bits per heavy atom. The van der Waals surface area contributed by atoms with Crippen molar-refractivity contribution in [2.75, 3.05) is 27.2 Å². The van der Waals surface area contributed by atoms with E-state index in [4.69, 9.17) is 9.72 Å². The highest BCUT2D eigenvalue weighted by atomic mass is 16.5. The molecule has 1 aromatic heterocycles. The zero-order valence-electron chi connectivity index (χ0n) is 15.3. The minimum absolute atomic E-state index is 0.00833. The molecule has 1 amide bonds. The largest absolute Gasteiger partial charge is 0.496 e. The maximum Gasteiger partial charge on any atom is 0.258 e. The monoisotopic (exact) mass is 352 g/mol. The molecule has 26 heavy (non-hydrogen) atoms. The molecule has 6 nitrogen and oxygen atoms in total. The lowest BCUT2D eigenvalue weighted by Gasteiger charge is -2.27. The van der Waals surface area contributed by atoms with Crippen molar-refractivity contribution in [1.29, 1.82) is 0 Å². The van der Waals surface area contributed by atoms with Gasteiger partial charge in [0, 0.05) is 43.5 Å². The Morgan fingerprint density at radius 3 is 2.96 bits per heavy atom. The number of carbonyl (C=O) groups excluding carboxylic acids is 1. The van der Waals surface area contributed by atoms with Gasteiger partial charge in [0.1, 0.15) is 5.75 Å². The third-order valence-electron chi connectivity index (χ3n) is 5.29. The van der Waals surface area contributed by atoms with E-state index in [2.05, 4.69) is 16.9 Å². The quantitative estimate of drug-likeness (QED) is 0.849. The number of rotatable bonds is 3. The highest BCUT2D eigenvalue weighted by Crippen LogP contribution is 2.33. The van der Waals surface area contributed by atoms with Gasteiger partial charge in [-0.05, 0) is 32.0 Å². The van der Waals surface area contributed by atoms with Crippen molar-refractivity contribution in [2.24, 2.45) is 0 Å². The van der Waals surface area contributed by atoms with Gasteiger partial charge < -0.3 is 14.5 Å². The summed E-state index contributed by atoms with van der Waals surface area (Å²) in [6.07, 6.45) is 4.75. The van der Waals surface area contributed by atoms with Crippen LogP contribution < -0.4 is 4.74 Å². The van der Waals surface area contributed by atoms with Gasteiger partial charge in [-0.25, -0.2) is 9.97 Å². The highest BCUT2D eigenvalue weighted by molar-refractivity contribution is 5.97. The van der Waals surface area contributed by atoms with Gasteiger partial charge in [0.2, 0.25) is 0 Å². The van der Waals surface area contributed by atoms with E-state index >= 15 is 0 Å². The third kappa shape index (κ3) is 3.05. The van der Waals surface area contributed by atoms with Crippen LogP contribution in [-0.4, -0.2) is 52.9 Å². The summed E-state index contributed by atoms with van der Waals surface area (Å²) in [5, 5.41) is 0. The highest BCUT2D eigenvalue weighted by Gasteiger charge is 2.34. The van der Waals surface area contributed by atoms with Crippen LogP contribution in [-0.2, 0) is 13.0 Å². The topological polar surface area (TPSA) is 58.6 Å². The number of benzene rings is 1. The molecule has 4 rings (SSSR count). The fourth-order valence-corrected chi connectivity index (χ4v) is 3.89. The second-order valence-electron chi connectivity index (χ2n) is 7.04. The normalized spacial score (nSPS) is 20.1. The Hall–Kier alpha value is -2.47. The van der Waals surface area contributed by atoms with Crippen LogP contribution in [0, 0.1) is 0 Å². The molecular formula is C20H24N4O2. The molecule has 3 heterocycles. The number of carbonyl (C=O) groups is 1. The van der Waals surface area contributed by atoms with Crippen LogP contribution in [0.5, 0.6) is 5.75 Å². The molecule has 2 aromatic rings. The van der Waals surface area contributed by atoms with Gasteiger partial charge >= 0.3 is 0 Å². The number of para-hydroxylation sites is 1. The lowest BCUT2D eigenvalue weighted by molar-refractivity contribution is 0.0726.